The average Bonchev–Trinajstić information content (AvgIpc) is 2.35. The number of aryl methyl sites for hydroxylation is 1. The van der Waals surface area contributed by atoms with Gasteiger partial charge in [0.15, 0.2) is 0 Å². The Morgan fingerprint density at radius 1 is 1.35 bits per heavy atom. The fourth-order valence-electron chi connectivity index (χ4n) is 1.55. The monoisotopic (exact) mass is 290 g/mol. The first kappa shape index (κ1) is 16.3. The molecule has 1 amide bonds. The number of nitrogens with two attached hydrogens (primary N) is 1. The lowest BCUT2D eigenvalue weighted by atomic mass is 10.1. The van der Waals surface area contributed by atoms with Crippen LogP contribution in [0.15, 0.2) is 24.3 Å². The zero-order valence-corrected chi connectivity index (χ0v) is 10.9. The van der Waals surface area contributed by atoms with E-state index < -0.39 is 12.8 Å². The molecule has 0 aliphatic heterocycles. The van der Waals surface area contributed by atoms with Crippen LogP contribution in [0.1, 0.15) is 12.0 Å². The van der Waals surface area contributed by atoms with Crippen LogP contribution in [0.2, 0.25) is 0 Å². The third-order valence-corrected chi connectivity index (χ3v) is 2.43. The number of nitrogen functional groups attached to an aromatic ring is 1. The highest BCUT2D eigenvalue weighted by molar-refractivity contribution is 5.76. The molecule has 4 nitrogen and oxygen atoms in total. The Morgan fingerprint density at radius 3 is 2.75 bits per heavy atom. The standard InChI is InChI=1S/C13H17F3N2O2/c14-13(15,16)9-20-7-6-18-12(19)5-4-10-2-1-3-11(17)8-10/h1-3,8H,4-7,9,17H2,(H,18,19). The number of anilines is 1. The van der Waals surface area contributed by atoms with E-state index in [0.29, 0.717) is 12.1 Å². The number of hydrogen-bond acceptors (Lipinski definition) is 3. The van der Waals surface area contributed by atoms with Crippen molar-refractivity contribution in [1.82, 2.24) is 5.32 Å². The average molecular weight is 290 g/mol. The molecule has 0 bridgehead atoms. The molecular formula is C13H17F3N2O2. The summed E-state index contributed by atoms with van der Waals surface area (Å²) in [5, 5.41) is 2.49. The SMILES string of the molecule is Nc1cccc(CCC(=O)NCCOCC(F)(F)F)c1. The molecule has 7 heteroatoms. The number of halogens is 3. The molecule has 0 spiro atoms. The summed E-state index contributed by atoms with van der Waals surface area (Å²) in [7, 11) is 0. The van der Waals surface area contributed by atoms with Gasteiger partial charge >= 0.3 is 6.18 Å². The Hall–Kier alpha value is -1.76. The molecule has 1 rings (SSSR count). The van der Waals surface area contributed by atoms with E-state index in [2.05, 4.69) is 10.1 Å². The summed E-state index contributed by atoms with van der Waals surface area (Å²) in [6.07, 6.45) is -3.56. The predicted molar refractivity (Wildman–Crippen MR) is 69.1 cm³/mol. The maximum absolute atomic E-state index is 11.8. The highest BCUT2D eigenvalue weighted by Crippen LogP contribution is 2.14. The zero-order valence-electron chi connectivity index (χ0n) is 10.9. The zero-order chi connectivity index (χ0) is 15.0. The smallest absolute Gasteiger partial charge is 0.399 e. The molecular weight excluding hydrogens is 273 g/mol. The van der Waals surface area contributed by atoms with Crippen molar-refractivity contribution in [2.45, 2.75) is 19.0 Å². The van der Waals surface area contributed by atoms with Gasteiger partial charge < -0.3 is 15.8 Å². The Balaban J connectivity index is 2.12. The van der Waals surface area contributed by atoms with Crippen LogP contribution in [0.4, 0.5) is 18.9 Å². The molecule has 0 aromatic heterocycles. The molecule has 0 saturated carbocycles. The van der Waals surface area contributed by atoms with Gasteiger partial charge in [-0.1, -0.05) is 12.1 Å². The lowest BCUT2D eigenvalue weighted by Crippen LogP contribution is -2.29. The van der Waals surface area contributed by atoms with Gasteiger partial charge in [0, 0.05) is 18.7 Å². The Bertz CT molecular complexity index is 436. The first-order chi connectivity index (χ1) is 9.37. The van der Waals surface area contributed by atoms with Gasteiger partial charge in [-0.05, 0) is 24.1 Å². The van der Waals surface area contributed by atoms with Crippen LogP contribution in [0, 0.1) is 0 Å². The van der Waals surface area contributed by atoms with E-state index in [0.717, 1.165) is 5.56 Å². The van der Waals surface area contributed by atoms with Crippen LogP contribution < -0.4 is 11.1 Å². The van der Waals surface area contributed by atoms with Crippen molar-refractivity contribution in [3.05, 3.63) is 29.8 Å². The molecule has 0 heterocycles. The number of carbonyl (C=O) groups is 1. The van der Waals surface area contributed by atoms with Crippen LogP contribution in [-0.4, -0.2) is 31.8 Å². The molecule has 0 aliphatic carbocycles. The van der Waals surface area contributed by atoms with Gasteiger partial charge in [-0.15, -0.1) is 0 Å². The second-order valence-corrected chi connectivity index (χ2v) is 4.26. The number of benzene rings is 1. The van der Waals surface area contributed by atoms with Gasteiger partial charge in [0.1, 0.15) is 6.61 Å². The molecule has 1 aromatic carbocycles. The predicted octanol–water partition coefficient (Wildman–Crippen LogP) is 1.90. The largest absolute Gasteiger partial charge is 0.411 e. The van der Waals surface area contributed by atoms with Crippen LogP contribution in [0.5, 0.6) is 0 Å². The lowest BCUT2D eigenvalue weighted by Gasteiger charge is -2.08. The molecule has 3 N–H and O–H groups in total. The van der Waals surface area contributed by atoms with Crippen LogP contribution in [-0.2, 0) is 16.0 Å². The first-order valence-electron chi connectivity index (χ1n) is 6.12. The maximum atomic E-state index is 11.8. The number of nitrogens with one attached hydrogen (secondary N) is 1. The molecule has 0 saturated heterocycles. The van der Waals surface area contributed by atoms with E-state index in [9.17, 15) is 18.0 Å². The Morgan fingerprint density at radius 2 is 2.10 bits per heavy atom. The summed E-state index contributed by atoms with van der Waals surface area (Å²) in [6.45, 7) is -1.40. The molecule has 20 heavy (non-hydrogen) atoms. The minimum Gasteiger partial charge on any atom is -0.399 e. The number of rotatable bonds is 7. The summed E-state index contributed by atoms with van der Waals surface area (Å²) in [5.74, 6) is -0.233. The Labute approximate surface area is 115 Å². The van der Waals surface area contributed by atoms with Gasteiger partial charge in [0.2, 0.25) is 5.91 Å². The van der Waals surface area contributed by atoms with E-state index in [-0.39, 0.29) is 25.5 Å². The van der Waals surface area contributed by atoms with Crippen molar-refractivity contribution in [2.24, 2.45) is 0 Å². The van der Waals surface area contributed by atoms with Gasteiger partial charge in [0.05, 0.1) is 6.61 Å². The molecule has 0 aliphatic rings. The minimum absolute atomic E-state index is 0.0614. The van der Waals surface area contributed by atoms with Crippen molar-refractivity contribution in [3.63, 3.8) is 0 Å². The summed E-state index contributed by atoms with van der Waals surface area (Å²) in [6, 6.07) is 7.19. The lowest BCUT2D eigenvalue weighted by molar-refractivity contribution is -0.173. The fraction of sp³-hybridized carbons (Fsp3) is 0.462. The first-order valence-corrected chi connectivity index (χ1v) is 6.12. The number of hydrogen-bond donors (Lipinski definition) is 2. The van der Waals surface area contributed by atoms with E-state index >= 15 is 0 Å². The highest BCUT2D eigenvalue weighted by Gasteiger charge is 2.27. The normalized spacial score (nSPS) is 11.3. The Kier molecular flexibility index (Phi) is 6.30. The van der Waals surface area contributed by atoms with Crippen molar-refractivity contribution >= 4 is 11.6 Å². The van der Waals surface area contributed by atoms with Crippen molar-refractivity contribution in [2.75, 3.05) is 25.5 Å². The van der Waals surface area contributed by atoms with E-state index in [4.69, 9.17) is 5.73 Å². The van der Waals surface area contributed by atoms with Gasteiger partial charge in [-0.3, -0.25) is 4.79 Å². The second kappa shape index (κ2) is 7.74. The quantitative estimate of drug-likeness (QED) is 0.595. The highest BCUT2D eigenvalue weighted by atomic mass is 19.4. The van der Waals surface area contributed by atoms with Crippen LogP contribution in [0.3, 0.4) is 0 Å². The molecule has 0 radical (unpaired) electrons. The van der Waals surface area contributed by atoms with Crippen molar-refractivity contribution in [3.8, 4) is 0 Å². The summed E-state index contributed by atoms with van der Waals surface area (Å²) < 4.78 is 39.7. The number of ether oxygens (including phenoxy) is 1. The summed E-state index contributed by atoms with van der Waals surface area (Å²) in [4.78, 5) is 11.4. The fourth-order valence-corrected chi connectivity index (χ4v) is 1.55. The third-order valence-electron chi connectivity index (χ3n) is 2.43. The minimum atomic E-state index is -4.34. The van der Waals surface area contributed by atoms with E-state index in [1.54, 1.807) is 18.2 Å². The van der Waals surface area contributed by atoms with E-state index in [1.165, 1.54) is 0 Å². The van der Waals surface area contributed by atoms with Crippen molar-refractivity contribution in [1.29, 1.82) is 0 Å². The second-order valence-electron chi connectivity index (χ2n) is 4.26. The van der Waals surface area contributed by atoms with Gasteiger partial charge in [0.25, 0.3) is 0 Å². The number of carbonyl (C=O) groups excluding carboxylic acids is 1. The molecule has 1 aromatic rings. The summed E-state index contributed by atoms with van der Waals surface area (Å²) >= 11 is 0. The number of alkyl halides is 3. The van der Waals surface area contributed by atoms with Crippen LogP contribution >= 0.6 is 0 Å². The molecule has 0 atom stereocenters. The van der Waals surface area contributed by atoms with Gasteiger partial charge in [-0.25, -0.2) is 0 Å². The maximum Gasteiger partial charge on any atom is 0.411 e. The molecule has 112 valence electrons. The topological polar surface area (TPSA) is 64.4 Å². The summed E-state index contributed by atoms with van der Waals surface area (Å²) in [5.41, 5.74) is 7.17. The number of amides is 1. The molecule has 0 fully saturated rings. The van der Waals surface area contributed by atoms with Crippen LogP contribution in [0.25, 0.3) is 0 Å². The van der Waals surface area contributed by atoms with E-state index in [1.807, 2.05) is 6.07 Å². The van der Waals surface area contributed by atoms with Gasteiger partial charge in [-0.2, -0.15) is 13.2 Å². The third kappa shape index (κ3) is 7.63. The van der Waals surface area contributed by atoms with Crippen molar-refractivity contribution < 1.29 is 22.7 Å². The molecule has 0 unspecified atom stereocenters.